The van der Waals surface area contributed by atoms with E-state index in [9.17, 15) is 17.2 Å². The van der Waals surface area contributed by atoms with E-state index in [0.29, 0.717) is 31.1 Å². The molecule has 1 aromatic carbocycles. The van der Waals surface area contributed by atoms with E-state index in [0.717, 1.165) is 0 Å². The molecule has 0 fully saturated rings. The smallest absolute Gasteiger partial charge is 0.288 e. The monoisotopic (exact) mass is 310 g/mol. The highest BCUT2D eigenvalue weighted by molar-refractivity contribution is 7.99. The van der Waals surface area contributed by atoms with Crippen LogP contribution < -0.4 is 10.5 Å². The van der Waals surface area contributed by atoms with E-state index < -0.39 is 15.8 Å². The van der Waals surface area contributed by atoms with Gasteiger partial charge < -0.3 is 5.73 Å². The number of thioether (sulfide) groups is 1. The third kappa shape index (κ3) is 6.22. The number of alkyl halides is 2. The molecular weight excluding hydrogens is 294 g/mol. The lowest BCUT2D eigenvalue weighted by Gasteiger charge is -2.11. The van der Waals surface area contributed by atoms with Crippen molar-refractivity contribution in [1.29, 1.82) is 0 Å². The Morgan fingerprint density at radius 1 is 1.26 bits per heavy atom. The molecule has 0 bridgehead atoms. The van der Waals surface area contributed by atoms with Gasteiger partial charge in [-0.15, -0.1) is 0 Å². The molecule has 0 atom stereocenters. The van der Waals surface area contributed by atoms with Crippen molar-refractivity contribution in [3.05, 3.63) is 24.3 Å². The zero-order valence-corrected chi connectivity index (χ0v) is 11.8. The number of para-hydroxylation sites is 1. The minimum Gasteiger partial charge on any atom is -0.330 e. The van der Waals surface area contributed by atoms with Crippen LogP contribution in [0.15, 0.2) is 29.2 Å². The van der Waals surface area contributed by atoms with Crippen molar-refractivity contribution >= 4 is 27.5 Å². The summed E-state index contributed by atoms with van der Waals surface area (Å²) in [5.41, 5.74) is 5.47. The fourth-order valence-electron chi connectivity index (χ4n) is 1.40. The number of benzene rings is 1. The van der Waals surface area contributed by atoms with Gasteiger partial charge in [-0.25, -0.2) is 8.42 Å². The molecule has 0 aliphatic heterocycles. The van der Waals surface area contributed by atoms with E-state index >= 15 is 0 Å². The minimum atomic E-state index is -3.53. The van der Waals surface area contributed by atoms with Crippen molar-refractivity contribution in [1.82, 2.24) is 0 Å². The molecule has 0 aromatic heterocycles. The van der Waals surface area contributed by atoms with Gasteiger partial charge in [-0.3, -0.25) is 4.72 Å². The fourth-order valence-corrected chi connectivity index (χ4v) is 3.26. The van der Waals surface area contributed by atoms with Crippen LogP contribution in [0, 0.1) is 0 Å². The molecule has 0 unspecified atom stereocenters. The quantitative estimate of drug-likeness (QED) is 0.571. The summed E-state index contributed by atoms with van der Waals surface area (Å²) < 4.78 is 50.6. The number of unbranched alkanes of at least 4 members (excludes halogenated alkanes) is 1. The Labute approximate surface area is 115 Å². The zero-order chi connectivity index (χ0) is 14.3. The number of rotatable bonds is 8. The topological polar surface area (TPSA) is 72.2 Å². The van der Waals surface area contributed by atoms with Crippen LogP contribution in [-0.4, -0.2) is 26.5 Å². The summed E-state index contributed by atoms with van der Waals surface area (Å²) in [6.45, 7) is 0.424. The predicted octanol–water partition coefficient (Wildman–Crippen LogP) is 2.48. The van der Waals surface area contributed by atoms with E-state index in [4.69, 9.17) is 5.73 Å². The highest BCUT2D eigenvalue weighted by atomic mass is 32.2. The van der Waals surface area contributed by atoms with Gasteiger partial charge in [-0.05, 0) is 31.5 Å². The Bertz CT molecular complexity index is 495. The third-order valence-electron chi connectivity index (χ3n) is 2.24. The average molecular weight is 310 g/mol. The SMILES string of the molecule is NCCCCS(=O)(=O)Nc1ccccc1SC(F)F. The first-order valence-corrected chi connectivity index (χ1v) is 8.22. The summed E-state index contributed by atoms with van der Waals surface area (Å²) in [4.78, 5) is 0.208. The highest BCUT2D eigenvalue weighted by Gasteiger charge is 2.15. The molecule has 1 rings (SSSR count). The maximum atomic E-state index is 12.4. The lowest BCUT2D eigenvalue weighted by atomic mass is 10.3. The third-order valence-corrected chi connectivity index (χ3v) is 4.38. The van der Waals surface area contributed by atoms with Gasteiger partial charge in [-0.1, -0.05) is 23.9 Å². The van der Waals surface area contributed by atoms with Crippen LogP contribution in [0.4, 0.5) is 14.5 Å². The van der Waals surface area contributed by atoms with Crippen LogP contribution in [0.2, 0.25) is 0 Å². The van der Waals surface area contributed by atoms with E-state index in [1.807, 2.05) is 0 Å². The maximum absolute atomic E-state index is 12.4. The summed E-state index contributed by atoms with van der Waals surface area (Å²) in [5.74, 6) is -2.67. The molecule has 4 nitrogen and oxygen atoms in total. The van der Waals surface area contributed by atoms with Crippen molar-refractivity contribution in [3.8, 4) is 0 Å². The molecule has 0 aliphatic rings. The summed E-state index contributed by atoms with van der Waals surface area (Å²) in [6.07, 6.45) is 1.05. The minimum absolute atomic E-state index is 0.0715. The summed E-state index contributed by atoms with van der Waals surface area (Å²) in [5, 5.41) is 0. The first-order chi connectivity index (χ1) is 8.94. The second-order valence-corrected chi connectivity index (χ2v) is 6.67. The molecule has 0 aliphatic carbocycles. The molecule has 0 saturated heterocycles. The number of hydrogen-bond acceptors (Lipinski definition) is 4. The van der Waals surface area contributed by atoms with Gasteiger partial charge in [0, 0.05) is 4.90 Å². The molecule has 0 amide bonds. The Morgan fingerprint density at radius 3 is 2.58 bits per heavy atom. The van der Waals surface area contributed by atoms with Gasteiger partial charge in [0.1, 0.15) is 0 Å². The van der Waals surface area contributed by atoms with Crippen molar-refractivity contribution in [2.75, 3.05) is 17.0 Å². The number of nitrogens with one attached hydrogen (secondary N) is 1. The first kappa shape index (κ1) is 16.2. The van der Waals surface area contributed by atoms with Crippen molar-refractivity contribution in [2.45, 2.75) is 23.5 Å². The number of hydrogen-bond donors (Lipinski definition) is 2. The second-order valence-electron chi connectivity index (χ2n) is 3.79. The molecule has 8 heteroatoms. The van der Waals surface area contributed by atoms with Gasteiger partial charge in [0.05, 0.1) is 11.4 Å². The number of anilines is 1. The van der Waals surface area contributed by atoms with Crippen molar-refractivity contribution in [3.63, 3.8) is 0 Å². The van der Waals surface area contributed by atoms with Crippen LogP contribution in [0.25, 0.3) is 0 Å². The van der Waals surface area contributed by atoms with Gasteiger partial charge in [-0.2, -0.15) is 8.78 Å². The number of halogens is 2. The zero-order valence-electron chi connectivity index (χ0n) is 10.2. The normalized spacial score (nSPS) is 11.8. The maximum Gasteiger partial charge on any atom is 0.288 e. The highest BCUT2D eigenvalue weighted by Crippen LogP contribution is 2.32. The molecule has 108 valence electrons. The van der Waals surface area contributed by atoms with Crippen molar-refractivity contribution in [2.24, 2.45) is 5.73 Å². The molecule has 0 radical (unpaired) electrons. The summed E-state index contributed by atoms with van der Waals surface area (Å²) >= 11 is 0.314. The average Bonchev–Trinajstić information content (AvgIpc) is 2.31. The van der Waals surface area contributed by atoms with Crippen LogP contribution >= 0.6 is 11.8 Å². The molecule has 0 spiro atoms. The fraction of sp³-hybridized carbons (Fsp3) is 0.455. The Kier molecular flexibility index (Phi) is 6.53. The summed E-state index contributed by atoms with van der Waals surface area (Å²) in [7, 11) is -3.53. The van der Waals surface area contributed by atoms with Gasteiger partial charge >= 0.3 is 0 Å². The standard InChI is InChI=1S/C11H16F2N2O2S2/c12-11(13)18-10-6-2-1-5-9(10)15-19(16,17)8-4-3-7-14/h1-2,5-6,11,15H,3-4,7-8,14H2. The van der Waals surface area contributed by atoms with Crippen LogP contribution in [0.3, 0.4) is 0 Å². The molecule has 3 N–H and O–H groups in total. The molecule has 1 aromatic rings. The molecule has 0 saturated carbocycles. The number of sulfonamides is 1. The number of nitrogens with two attached hydrogens (primary N) is 1. The van der Waals surface area contributed by atoms with Crippen LogP contribution in [0.5, 0.6) is 0 Å². The lowest BCUT2D eigenvalue weighted by molar-refractivity contribution is 0.252. The van der Waals surface area contributed by atoms with Gasteiger partial charge in [0.15, 0.2) is 0 Å². The predicted molar refractivity (Wildman–Crippen MR) is 74.0 cm³/mol. The molecule has 19 heavy (non-hydrogen) atoms. The second kappa shape index (κ2) is 7.66. The van der Waals surface area contributed by atoms with E-state index in [2.05, 4.69) is 4.72 Å². The van der Waals surface area contributed by atoms with E-state index in [1.165, 1.54) is 12.1 Å². The van der Waals surface area contributed by atoms with Gasteiger partial charge in [0.2, 0.25) is 10.0 Å². The molecular formula is C11H16F2N2O2S2. The van der Waals surface area contributed by atoms with Gasteiger partial charge in [0.25, 0.3) is 5.76 Å². The summed E-state index contributed by atoms with van der Waals surface area (Å²) in [6, 6.07) is 6.09. The Balaban J connectivity index is 2.75. The van der Waals surface area contributed by atoms with E-state index in [-0.39, 0.29) is 16.3 Å². The van der Waals surface area contributed by atoms with Crippen LogP contribution in [0.1, 0.15) is 12.8 Å². The van der Waals surface area contributed by atoms with Crippen molar-refractivity contribution < 1.29 is 17.2 Å². The molecule has 0 heterocycles. The Hall–Kier alpha value is -0.860. The first-order valence-electron chi connectivity index (χ1n) is 5.69. The van der Waals surface area contributed by atoms with E-state index in [1.54, 1.807) is 12.1 Å². The Morgan fingerprint density at radius 2 is 1.95 bits per heavy atom. The largest absolute Gasteiger partial charge is 0.330 e. The van der Waals surface area contributed by atoms with Crippen LogP contribution in [-0.2, 0) is 10.0 Å². The lowest BCUT2D eigenvalue weighted by Crippen LogP contribution is -2.18.